The molecular formula is C83H56N4. The molecule has 4 heteroatoms. The molecule has 17 aromatic rings. The lowest BCUT2D eigenvalue weighted by Crippen LogP contribution is -2.11. The van der Waals surface area contributed by atoms with Gasteiger partial charge in [0.1, 0.15) is 0 Å². The van der Waals surface area contributed by atoms with Crippen molar-refractivity contribution in [3.63, 3.8) is 0 Å². The second-order valence-electron chi connectivity index (χ2n) is 22.8. The summed E-state index contributed by atoms with van der Waals surface area (Å²) >= 11 is 0. The SMILES string of the molecule is Cc1ccc2c(-c3ccc(N(c4ccccc4)c4ccc(-n5c6ccccc6c6ccccc65)cc4)c4ccccc34)c3ccccc3c(-c3ccc(N(c4ccccc4)c4ccc(-n5c6ccccc6c6ccccc65)cc4)c4ccccc34)c2c1. The van der Waals surface area contributed by atoms with Gasteiger partial charge >= 0.3 is 0 Å². The van der Waals surface area contributed by atoms with E-state index >= 15 is 0 Å². The van der Waals surface area contributed by atoms with Crippen LogP contribution in [0.3, 0.4) is 0 Å². The summed E-state index contributed by atoms with van der Waals surface area (Å²) in [5.41, 5.74) is 19.7. The van der Waals surface area contributed by atoms with Gasteiger partial charge in [-0.2, -0.15) is 0 Å². The van der Waals surface area contributed by atoms with Gasteiger partial charge in [0.25, 0.3) is 0 Å². The second kappa shape index (κ2) is 20.4. The summed E-state index contributed by atoms with van der Waals surface area (Å²) < 4.78 is 4.78. The monoisotopic (exact) mass is 1110 g/mol. The van der Waals surface area contributed by atoms with Crippen LogP contribution in [-0.2, 0) is 0 Å². The van der Waals surface area contributed by atoms with E-state index in [0.717, 1.165) is 45.5 Å². The van der Waals surface area contributed by atoms with E-state index in [-0.39, 0.29) is 0 Å². The lowest BCUT2D eigenvalue weighted by atomic mass is 9.83. The second-order valence-corrected chi connectivity index (χ2v) is 22.8. The molecule has 0 atom stereocenters. The van der Waals surface area contributed by atoms with Crippen molar-refractivity contribution in [3.8, 4) is 33.6 Å². The van der Waals surface area contributed by atoms with Gasteiger partial charge in [-0.1, -0.05) is 218 Å². The Labute approximate surface area is 504 Å². The molecule has 17 rings (SSSR count). The minimum atomic E-state index is 1.08. The summed E-state index contributed by atoms with van der Waals surface area (Å²) in [7, 11) is 0. The molecule has 0 radical (unpaired) electrons. The first kappa shape index (κ1) is 50.1. The molecule has 2 aromatic heterocycles. The lowest BCUT2D eigenvalue weighted by Gasteiger charge is -2.28. The highest BCUT2D eigenvalue weighted by atomic mass is 15.2. The first-order valence-corrected chi connectivity index (χ1v) is 30.0. The van der Waals surface area contributed by atoms with Gasteiger partial charge in [0.05, 0.1) is 33.4 Å². The number of aromatic nitrogens is 2. The van der Waals surface area contributed by atoms with Crippen molar-refractivity contribution in [2.45, 2.75) is 6.92 Å². The number of hydrogen-bond donors (Lipinski definition) is 0. The third kappa shape index (κ3) is 8.06. The fourth-order valence-electron chi connectivity index (χ4n) is 14.2. The molecular weight excluding hydrogens is 1050 g/mol. The van der Waals surface area contributed by atoms with Crippen LogP contribution in [0.2, 0.25) is 0 Å². The molecule has 408 valence electrons. The van der Waals surface area contributed by atoms with Gasteiger partial charge in [-0.25, -0.2) is 0 Å². The molecule has 0 spiro atoms. The summed E-state index contributed by atoms with van der Waals surface area (Å²) in [5, 5.41) is 14.6. The summed E-state index contributed by atoms with van der Waals surface area (Å²) in [4.78, 5) is 4.83. The zero-order valence-corrected chi connectivity index (χ0v) is 47.9. The first-order chi connectivity index (χ1) is 43.1. The predicted molar refractivity (Wildman–Crippen MR) is 370 cm³/mol. The van der Waals surface area contributed by atoms with Crippen molar-refractivity contribution in [2.24, 2.45) is 0 Å². The zero-order chi connectivity index (χ0) is 57.5. The van der Waals surface area contributed by atoms with Crippen molar-refractivity contribution in [1.29, 1.82) is 0 Å². The molecule has 0 N–H and O–H groups in total. The Morgan fingerprint density at radius 2 is 0.517 bits per heavy atom. The van der Waals surface area contributed by atoms with Crippen molar-refractivity contribution < 1.29 is 0 Å². The molecule has 0 aliphatic carbocycles. The maximum absolute atomic E-state index is 2.42. The fourth-order valence-corrected chi connectivity index (χ4v) is 14.2. The molecule has 0 aliphatic heterocycles. The zero-order valence-electron chi connectivity index (χ0n) is 47.9. The van der Waals surface area contributed by atoms with Gasteiger partial charge in [-0.05, 0) is 171 Å². The Bertz CT molecular complexity index is 5420. The minimum Gasteiger partial charge on any atom is -0.310 e. The maximum Gasteiger partial charge on any atom is 0.0541 e. The third-order valence-corrected chi connectivity index (χ3v) is 17.9. The molecule has 2 heterocycles. The van der Waals surface area contributed by atoms with E-state index in [9.17, 15) is 0 Å². The van der Waals surface area contributed by atoms with Crippen molar-refractivity contribution in [2.75, 3.05) is 9.80 Å². The van der Waals surface area contributed by atoms with Crippen molar-refractivity contribution >= 4 is 121 Å². The average Bonchev–Trinajstić information content (AvgIpc) is 1.94. The van der Waals surface area contributed by atoms with Crippen molar-refractivity contribution in [1.82, 2.24) is 9.13 Å². The van der Waals surface area contributed by atoms with Gasteiger partial charge in [0.15, 0.2) is 0 Å². The number of benzene rings is 15. The molecule has 0 fully saturated rings. The molecule has 0 saturated heterocycles. The highest BCUT2D eigenvalue weighted by Crippen LogP contribution is 2.51. The minimum absolute atomic E-state index is 1.08. The van der Waals surface area contributed by atoms with Crippen LogP contribution >= 0.6 is 0 Å². The Hall–Kier alpha value is -11.5. The Kier molecular flexibility index (Phi) is 11.8. The van der Waals surface area contributed by atoms with Crippen LogP contribution in [0.15, 0.2) is 322 Å². The maximum atomic E-state index is 2.42. The molecule has 0 aliphatic rings. The van der Waals surface area contributed by atoms with E-state index in [0.29, 0.717) is 0 Å². The molecule has 0 saturated carbocycles. The van der Waals surface area contributed by atoms with Crippen LogP contribution in [0.25, 0.3) is 120 Å². The number of aryl methyl sites for hydroxylation is 1. The number of rotatable bonds is 10. The quantitative estimate of drug-likeness (QED) is 0.127. The molecule has 87 heavy (non-hydrogen) atoms. The summed E-state index contributed by atoms with van der Waals surface area (Å²) in [6.07, 6.45) is 0. The molecule has 0 bridgehead atoms. The van der Waals surface area contributed by atoms with Crippen molar-refractivity contribution in [3.05, 3.63) is 327 Å². The standard InChI is InChI=1S/C83H56N4/c1-55-40-49-74-75(54-55)83(73-51-53-81(65-29-11-9-27-63(65)73)85(57-24-6-3-7-25-57)59-43-47-61(48-44-59)87-78-38-20-16-32-68(78)69-33-17-21-39-79(69)87)71-35-13-12-34-70(71)82(74)72-50-52-80(64-28-10-8-26-62(64)72)84(56-22-4-2-5-23-56)58-41-45-60(46-42-58)86-76-36-18-14-30-66(76)67-31-15-19-37-77(67)86/h2-54H,1H3. The van der Waals surface area contributed by atoms with E-state index in [1.54, 1.807) is 0 Å². The lowest BCUT2D eigenvalue weighted by molar-refractivity contribution is 1.17. The van der Waals surface area contributed by atoms with E-state index in [1.807, 2.05) is 0 Å². The van der Waals surface area contributed by atoms with E-state index in [4.69, 9.17) is 0 Å². The topological polar surface area (TPSA) is 16.3 Å². The Morgan fingerprint density at radius 1 is 0.218 bits per heavy atom. The van der Waals surface area contributed by atoms with Crippen LogP contribution in [0, 0.1) is 6.92 Å². The number of hydrogen-bond acceptors (Lipinski definition) is 2. The Balaban J connectivity index is 0.812. The molecule has 15 aromatic carbocycles. The summed E-state index contributed by atoms with van der Waals surface area (Å²) in [6.45, 7) is 2.22. The van der Waals surface area contributed by atoms with Crippen LogP contribution in [0.4, 0.5) is 34.1 Å². The van der Waals surface area contributed by atoms with Crippen LogP contribution in [-0.4, -0.2) is 9.13 Å². The average molecular weight is 1110 g/mol. The number of anilines is 6. The van der Waals surface area contributed by atoms with Gasteiger partial charge < -0.3 is 18.9 Å². The highest BCUT2D eigenvalue weighted by molar-refractivity contribution is 6.26. The highest BCUT2D eigenvalue weighted by Gasteiger charge is 2.25. The first-order valence-electron chi connectivity index (χ1n) is 30.0. The number of nitrogens with zero attached hydrogens (tertiary/aromatic N) is 4. The molecule has 0 unspecified atom stereocenters. The van der Waals surface area contributed by atoms with Gasteiger partial charge in [0, 0.05) is 66.4 Å². The van der Waals surface area contributed by atoms with E-state index < -0.39 is 0 Å². The van der Waals surface area contributed by atoms with E-state index in [1.165, 1.54) is 115 Å². The van der Waals surface area contributed by atoms with Gasteiger partial charge in [-0.15, -0.1) is 0 Å². The van der Waals surface area contributed by atoms with Gasteiger partial charge in [-0.3, -0.25) is 0 Å². The summed E-state index contributed by atoms with van der Waals surface area (Å²) in [5.74, 6) is 0. The molecule has 0 amide bonds. The van der Waals surface area contributed by atoms with Crippen LogP contribution < -0.4 is 9.80 Å². The summed E-state index contributed by atoms with van der Waals surface area (Å²) in [6, 6.07) is 118. The van der Waals surface area contributed by atoms with Crippen LogP contribution in [0.5, 0.6) is 0 Å². The smallest absolute Gasteiger partial charge is 0.0541 e. The van der Waals surface area contributed by atoms with E-state index in [2.05, 4.69) is 347 Å². The third-order valence-electron chi connectivity index (χ3n) is 17.9. The largest absolute Gasteiger partial charge is 0.310 e. The Morgan fingerprint density at radius 3 is 0.908 bits per heavy atom. The number of para-hydroxylation sites is 6. The normalized spacial score (nSPS) is 11.7. The fraction of sp³-hybridized carbons (Fsp3) is 0.0120. The predicted octanol–water partition coefficient (Wildman–Crippen LogP) is 23.1. The van der Waals surface area contributed by atoms with Gasteiger partial charge in [0.2, 0.25) is 0 Å². The van der Waals surface area contributed by atoms with Crippen LogP contribution in [0.1, 0.15) is 5.56 Å². The molecule has 4 nitrogen and oxygen atoms in total. The number of fused-ring (bicyclic) bond motifs is 10.